The van der Waals surface area contributed by atoms with Gasteiger partial charge >= 0.3 is 0 Å². The second-order valence-corrected chi connectivity index (χ2v) is 9.63. The van der Waals surface area contributed by atoms with E-state index in [2.05, 4.69) is 20.8 Å². The molecule has 0 heterocycles. The number of hydrogen-bond acceptors (Lipinski definition) is 0. The van der Waals surface area contributed by atoms with Gasteiger partial charge in [-0.2, -0.15) is 0 Å². The van der Waals surface area contributed by atoms with Crippen molar-refractivity contribution in [1.82, 2.24) is 0 Å². The summed E-state index contributed by atoms with van der Waals surface area (Å²) in [6.45, 7) is 7.84. The van der Waals surface area contributed by atoms with Gasteiger partial charge in [0.05, 0.1) is 0 Å². The van der Waals surface area contributed by atoms with Crippen LogP contribution in [0.5, 0.6) is 0 Å². The SMILES string of the molecule is CC[C@@H]1CC[C@H]2[C@@H]3CC[C@@H]4CCCC[C@]4(C)[C@H]3CC[C@]12C. The van der Waals surface area contributed by atoms with Gasteiger partial charge in [0, 0.05) is 0 Å². The van der Waals surface area contributed by atoms with Crippen LogP contribution in [0.25, 0.3) is 0 Å². The zero-order chi connectivity index (χ0) is 14.7. The molecule has 120 valence electrons. The van der Waals surface area contributed by atoms with Crippen LogP contribution in [0.4, 0.5) is 0 Å². The zero-order valence-electron chi connectivity index (χ0n) is 14.7. The fraction of sp³-hybridized carbons (Fsp3) is 1.00. The van der Waals surface area contributed by atoms with Gasteiger partial charge < -0.3 is 0 Å². The summed E-state index contributed by atoms with van der Waals surface area (Å²) in [6.07, 6.45) is 17.0. The van der Waals surface area contributed by atoms with Crippen molar-refractivity contribution < 1.29 is 0 Å². The van der Waals surface area contributed by atoms with Crippen molar-refractivity contribution in [2.45, 2.75) is 91.4 Å². The minimum absolute atomic E-state index is 0.716. The van der Waals surface area contributed by atoms with E-state index >= 15 is 0 Å². The Labute approximate surface area is 132 Å². The second kappa shape index (κ2) is 5.00. The highest BCUT2D eigenvalue weighted by Gasteiger charge is 2.59. The minimum Gasteiger partial charge on any atom is -0.0651 e. The maximum atomic E-state index is 2.71. The molecule has 4 aliphatic rings. The van der Waals surface area contributed by atoms with Crippen LogP contribution in [0.3, 0.4) is 0 Å². The fourth-order valence-electron chi connectivity index (χ4n) is 8.07. The number of hydrogen-bond donors (Lipinski definition) is 0. The summed E-state index contributed by atoms with van der Waals surface area (Å²) in [6, 6.07) is 0. The largest absolute Gasteiger partial charge is 0.0651 e. The summed E-state index contributed by atoms with van der Waals surface area (Å²) < 4.78 is 0. The van der Waals surface area contributed by atoms with Gasteiger partial charge in [0.2, 0.25) is 0 Å². The normalized spacial score (nSPS) is 56.4. The Morgan fingerprint density at radius 3 is 2.38 bits per heavy atom. The summed E-state index contributed by atoms with van der Waals surface area (Å²) in [5, 5.41) is 0. The molecule has 0 radical (unpaired) electrons. The molecule has 7 atom stereocenters. The average molecular weight is 289 g/mol. The third-order valence-electron chi connectivity index (χ3n) is 9.27. The standard InChI is InChI=1S/C21H36/c1-4-15-9-11-18-17-10-8-16-7-5-6-13-20(16,2)19(17)12-14-21(15,18)3/h15-19H,4-14H2,1-3H3/t15-,16+,17+,18+,19+,20+,21-/m1/s1. The monoisotopic (exact) mass is 288 g/mol. The Morgan fingerprint density at radius 2 is 1.57 bits per heavy atom. The van der Waals surface area contributed by atoms with Crippen LogP contribution < -0.4 is 0 Å². The van der Waals surface area contributed by atoms with Crippen molar-refractivity contribution >= 4 is 0 Å². The molecule has 21 heavy (non-hydrogen) atoms. The Kier molecular flexibility index (Phi) is 3.47. The Bertz CT molecular complexity index is 399. The van der Waals surface area contributed by atoms with Crippen LogP contribution in [-0.4, -0.2) is 0 Å². The van der Waals surface area contributed by atoms with Gasteiger partial charge in [-0.05, 0) is 91.8 Å². The van der Waals surface area contributed by atoms with Gasteiger partial charge in [-0.15, -0.1) is 0 Å². The lowest BCUT2D eigenvalue weighted by Crippen LogP contribution is -2.52. The topological polar surface area (TPSA) is 0 Å². The zero-order valence-corrected chi connectivity index (χ0v) is 14.7. The molecule has 0 unspecified atom stereocenters. The summed E-state index contributed by atoms with van der Waals surface area (Å²) in [4.78, 5) is 0. The number of rotatable bonds is 1. The van der Waals surface area contributed by atoms with Gasteiger partial charge in [-0.1, -0.05) is 40.0 Å². The summed E-state index contributed by atoms with van der Waals surface area (Å²) in [5.74, 6) is 5.39. The molecule has 0 bridgehead atoms. The van der Waals surface area contributed by atoms with Gasteiger partial charge in [-0.3, -0.25) is 0 Å². The first-order valence-corrected chi connectivity index (χ1v) is 10.1. The van der Waals surface area contributed by atoms with E-state index in [1.807, 2.05) is 0 Å². The van der Waals surface area contributed by atoms with Gasteiger partial charge in [0.15, 0.2) is 0 Å². The van der Waals surface area contributed by atoms with Crippen molar-refractivity contribution in [3.63, 3.8) is 0 Å². The molecule has 0 N–H and O–H groups in total. The summed E-state index contributed by atoms with van der Waals surface area (Å²) >= 11 is 0. The lowest BCUT2D eigenvalue weighted by Gasteiger charge is -2.60. The van der Waals surface area contributed by atoms with Gasteiger partial charge in [0.25, 0.3) is 0 Å². The Balaban J connectivity index is 1.62. The van der Waals surface area contributed by atoms with E-state index in [0.29, 0.717) is 5.41 Å². The van der Waals surface area contributed by atoms with E-state index in [1.165, 1.54) is 19.3 Å². The van der Waals surface area contributed by atoms with Crippen LogP contribution in [0.1, 0.15) is 91.4 Å². The summed E-state index contributed by atoms with van der Waals surface area (Å²) in [7, 11) is 0. The summed E-state index contributed by atoms with van der Waals surface area (Å²) in [5.41, 5.74) is 1.45. The second-order valence-electron chi connectivity index (χ2n) is 9.63. The first-order valence-electron chi connectivity index (χ1n) is 10.1. The van der Waals surface area contributed by atoms with E-state index in [1.54, 1.807) is 51.4 Å². The molecule has 0 aliphatic heterocycles. The van der Waals surface area contributed by atoms with E-state index in [9.17, 15) is 0 Å². The Morgan fingerprint density at radius 1 is 0.762 bits per heavy atom. The highest BCUT2D eigenvalue weighted by atomic mass is 14.6. The fourth-order valence-corrected chi connectivity index (χ4v) is 8.07. The predicted octanol–water partition coefficient (Wildman–Crippen LogP) is 6.45. The highest BCUT2D eigenvalue weighted by molar-refractivity contribution is 5.08. The quantitative estimate of drug-likeness (QED) is 0.520. The molecule has 0 aromatic rings. The van der Waals surface area contributed by atoms with E-state index in [4.69, 9.17) is 0 Å². The third-order valence-corrected chi connectivity index (χ3v) is 9.27. The smallest absolute Gasteiger partial charge is 0.0266 e. The first kappa shape index (κ1) is 14.6. The molecule has 4 saturated carbocycles. The maximum Gasteiger partial charge on any atom is -0.0266 e. The van der Waals surface area contributed by atoms with Crippen LogP contribution in [0.2, 0.25) is 0 Å². The van der Waals surface area contributed by atoms with Gasteiger partial charge in [0.1, 0.15) is 0 Å². The van der Waals surface area contributed by atoms with Crippen LogP contribution in [0, 0.1) is 40.4 Å². The maximum absolute atomic E-state index is 2.71. The molecule has 0 spiro atoms. The van der Waals surface area contributed by atoms with Crippen molar-refractivity contribution in [2.75, 3.05) is 0 Å². The van der Waals surface area contributed by atoms with Crippen molar-refractivity contribution in [3.8, 4) is 0 Å². The van der Waals surface area contributed by atoms with Crippen LogP contribution in [-0.2, 0) is 0 Å². The molecule has 4 fully saturated rings. The number of fused-ring (bicyclic) bond motifs is 5. The molecule has 0 amide bonds. The molecular formula is C21H36. The van der Waals surface area contributed by atoms with Crippen molar-refractivity contribution in [3.05, 3.63) is 0 Å². The molecule has 4 aliphatic carbocycles. The average Bonchev–Trinajstić information content (AvgIpc) is 2.83. The van der Waals surface area contributed by atoms with Crippen LogP contribution >= 0.6 is 0 Å². The van der Waals surface area contributed by atoms with Crippen LogP contribution in [0.15, 0.2) is 0 Å². The lowest BCUT2D eigenvalue weighted by molar-refractivity contribution is -0.110. The van der Waals surface area contributed by atoms with Gasteiger partial charge in [-0.25, -0.2) is 0 Å². The highest BCUT2D eigenvalue weighted by Crippen LogP contribution is 2.67. The predicted molar refractivity (Wildman–Crippen MR) is 90.1 cm³/mol. The molecule has 0 heteroatoms. The van der Waals surface area contributed by atoms with E-state index in [0.717, 1.165) is 35.0 Å². The van der Waals surface area contributed by atoms with Crippen molar-refractivity contribution in [2.24, 2.45) is 40.4 Å². The molecule has 0 saturated heterocycles. The molecular weight excluding hydrogens is 252 g/mol. The molecule has 0 aromatic carbocycles. The minimum atomic E-state index is 0.716. The van der Waals surface area contributed by atoms with Crippen molar-refractivity contribution in [1.29, 1.82) is 0 Å². The third kappa shape index (κ3) is 1.93. The first-order chi connectivity index (χ1) is 10.1. The van der Waals surface area contributed by atoms with E-state index < -0.39 is 0 Å². The lowest BCUT2D eigenvalue weighted by atomic mass is 9.45. The molecule has 0 nitrogen and oxygen atoms in total. The Hall–Kier alpha value is 0. The molecule has 0 aromatic heterocycles. The molecule has 4 rings (SSSR count). The van der Waals surface area contributed by atoms with E-state index in [-0.39, 0.29) is 0 Å².